The van der Waals surface area contributed by atoms with E-state index >= 15 is 0 Å². The van der Waals surface area contributed by atoms with E-state index in [1.54, 1.807) is 12.1 Å². The molecule has 0 spiro atoms. The summed E-state index contributed by atoms with van der Waals surface area (Å²) in [5.74, 6) is -1.85. The molecule has 3 aliphatic heterocycles. The zero-order chi connectivity index (χ0) is 21.3. The van der Waals surface area contributed by atoms with Gasteiger partial charge in [-0.05, 0) is 43.3 Å². The average molecular weight is 416 g/mol. The van der Waals surface area contributed by atoms with Crippen LogP contribution in [-0.4, -0.2) is 70.4 Å². The van der Waals surface area contributed by atoms with Crippen molar-refractivity contribution in [1.29, 1.82) is 0 Å². The van der Waals surface area contributed by atoms with Crippen molar-refractivity contribution < 1.29 is 34.4 Å². The van der Waals surface area contributed by atoms with Gasteiger partial charge in [0.15, 0.2) is 0 Å². The van der Waals surface area contributed by atoms with Crippen LogP contribution in [0.2, 0.25) is 0 Å². The van der Waals surface area contributed by atoms with E-state index in [1.807, 2.05) is 5.38 Å². The third kappa shape index (κ3) is 7.19. The maximum absolute atomic E-state index is 12.4. The Bertz CT molecular complexity index is 624. The van der Waals surface area contributed by atoms with Crippen LogP contribution in [0.1, 0.15) is 31.6 Å². The molecule has 0 radical (unpaired) electrons. The minimum atomic E-state index is -1.71. The molecular weight excluding hydrogens is 388 g/mol. The van der Waals surface area contributed by atoms with E-state index in [2.05, 4.69) is 4.90 Å². The second kappa shape index (κ2) is 11.1. The monoisotopic (exact) mass is 416 g/mol. The lowest BCUT2D eigenvalue weighted by Gasteiger charge is -2.44. The average Bonchev–Trinajstić information content (AvgIpc) is 3.16. The molecule has 3 fully saturated rings. The molecule has 158 valence electrons. The molecule has 3 saturated heterocycles. The molecule has 4 heterocycles. The SMILES string of the molecule is CC(=O)O.CC(=O)O.NCC(O)(C(=O)O[C@H]1CN2CCC1CC2)c1cccs1. The van der Waals surface area contributed by atoms with Crippen LogP contribution in [0, 0.1) is 5.92 Å². The second-order valence-electron chi connectivity index (χ2n) is 6.66. The Morgan fingerprint density at radius 1 is 1.25 bits per heavy atom. The highest BCUT2D eigenvalue weighted by Crippen LogP contribution is 2.32. The van der Waals surface area contributed by atoms with Crippen LogP contribution in [0.15, 0.2) is 17.5 Å². The van der Waals surface area contributed by atoms with Crippen LogP contribution < -0.4 is 5.73 Å². The molecule has 0 amide bonds. The third-order valence-corrected chi connectivity index (χ3v) is 5.44. The molecule has 1 aromatic rings. The number of aliphatic carboxylic acids is 2. The smallest absolute Gasteiger partial charge is 0.345 e. The van der Waals surface area contributed by atoms with Gasteiger partial charge in [-0.3, -0.25) is 14.5 Å². The summed E-state index contributed by atoms with van der Waals surface area (Å²) in [6.07, 6.45) is 2.03. The van der Waals surface area contributed by atoms with Crippen LogP contribution in [0.3, 0.4) is 0 Å². The zero-order valence-corrected chi connectivity index (χ0v) is 16.9. The van der Waals surface area contributed by atoms with Crippen LogP contribution in [-0.2, 0) is 24.7 Å². The van der Waals surface area contributed by atoms with Crippen molar-refractivity contribution in [3.05, 3.63) is 22.4 Å². The quantitative estimate of drug-likeness (QED) is 0.520. The number of carboxylic acids is 2. The lowest BCUT2D eigenvalue weighted by atomic mass is 9.85. The summed E-state index contributed by atoms with van der Waals surface area (Å²) < 4.78 is 5.60. The molecule has 0 aliphatic carbocycles. The van der Waals surface area contributed by atoms with Crippen LogP contribution in [0.4, 0.5) is 0 Å². The largest absolute Gasteiger partial charge is 0.481 e. The van der Waals surface area contributed by atoms with Crippen molar-refractivity contribution in [3.8, 4) is 0 Å². The topological polar surface area (TPSA) is 150 Å². The number of hydrogen-bond acceptors (Lipinski definition) is 8. The molecule has 0 aromatic carbocycles. The first kappa shape index (κ1) is 24.0. The van der Waals surface area contributed by atoms with Gasteiger partial charge in [-0.1, -0.05) is 6.07 Å². The van der Waals surface area contributed by atoms with E-state index in [1.165, 1.54) is 11.3 Å². The number of carboxylic acid groups (broad SMARTS) is 2. The first-order valence-electron chi connectivity index (χ1n) is 8.89. The van der Waals surface area contributed by atoms with Crippen LogP contribution >= 0.6 is 11.3 Å². The van der Waals surface area contributed by atoms with Crippen molar-refractivity contribution in [1.82, 2.24) is 4.90 Å². The number of esters is 1. The van der Waals surface area contributed by atoms with E-state index < -0.39 is 23.5 Å². The molecular formula is C18H28N2O7S. The minimum absolute atomic E-state index is 0.108. The molecule has 10 heteroatoms. The number of fused-ring (bicyclic) bond motifs is 3. The Hall–Kier alpha value is -2.01. The third-order valence-electron chi connectivity index (χ3n) is 4.42. The van der Waals surface area contributed by atoms with Crippen molar-refractivity contribution in [3.63, 3.8) is 0 Å². The highest BCUT2D eigenvalue weighted by molar-refractivity contribution is 7.10. The van der Waals surface area contributed by atoms with Crippen molar-refractivity contribution >= 4 is 29.2 Å². The van der Waals surface area contributed by atoms with Gasteiger partial charge in [-0.2, -0.15) is 0 Å². The Kier molecular flexibility index (Phi) is 9.53. The summed E-state index contributed by atoms with van der Waals surface area (Å²) in [5, 5.41) is 27.2. The van der Waals surface area contributed by atoms with Gasteiger partial charge in [0.25, 0.3) is 11.9 Å². The number of nitrogens with two attached hydrogens (primary N) is 1. The van der Waals surface area contributed by atoms with Gasteiger partial charge in [-0.15, -0.1) is 11.3 Å². The molecule has 0 saturated carbocycles. The first-order valence-corrected chi connectivity index (χ1v) is 9.77. The highest BCUT2D eigenvalue weighted by Gasteiger charge is 2.43. The predicted molar refractivity (Wildman–Crippen MR) is 103 cm³/mol. The number of carbonyl (C=O) groups excluding carboxylic acids is 1. The van der Waals surface area contributed by atoms with Crippen molar-refractivity contribution in [2.24, 2.45) is 11.7 Å². The number of hydrogen-bond donors (Lipinski definition) is 4. The number of ether oxygens (including phenoxy) is 1. The fourth-order valence-electron chi connectivity index (χ4n) is 3.08. The number of rotatable bonds is 4. The Morgan fingerprint density at radius 3 is 2.14 bits per heavy atom. The summed E-state index contributed by atoms with van der Waals surface area (Å²) in [6, 6.07) is 3.51. The standard InChI is InChI=1S/C14H20N2O3S.2C2H4O2/c15-9-14(18,12-2-1-7-20-12)13(17)19-11-8-16-5-3-10(11)4-6-16;2*1-2(3)4/h1-2,7,10-11,18H,3-6,8-9,15H2;2*1H3,(H,3,4)/t11-,14?;;/m0../s1. The predicted octanol–water partition coefficient (Wildman–Crippen LogP) is 0.714. The molecule has 3 aliphatic rings. The van der Waals surface area contributed by atoms with Gasteiger partial charge in [0, 0.05) is 31.8 Å². The summed E-state index contributed by atoms with van der Waals surface area (Å²) in [6.45, 7) is 4.96. The highest BCUT2D eigenvalue weighted by atomic mass is 32.1. The lowest BCUT2D eigenvalue weighted by Crippen LogP contribution is -2.54. The first-order chi connectivity index (χ1) is 13.1. The molecule has 1 aromatic heterocycles. The van der Waals surface area contributed by atoms with Crippen LogP contribution in [0.25, 0.3) is 0 Å². The summed E-state index contributed by atoms with van der Waals surface area (Å²) in [5.41, 5.74) is 3.92. The number of nitrogens with zero attached hydrogens (tertiary/aromatic N) is 1. The Labute approximate surface area is 167 Å². The number of aliphatic hydroxyl groups is 1. The molecule has 4 rings (SSSR count). The number of thiophene rings is 1. The van der Waals surface area contributed by atoms with Gasteiger partial charge in [0.1, 0.15) is 6.10 Å². The summed E-state index contributed by atoms with van der Waals surface area (Å²) in [4.78, 5) is 33.2. The molecule has 28 heavy (non-hydrogen) atoms. The number of carbonyl (C=O) groups is 3. The summed E-state index contributed by atoms with van der Waals surface area (Å²) in [7, 11) is 0. The Balaban J connectivity index is 0.000000420. The maximum Gasteiger partial charge on any atom is 0.345 e. The molecule has 1 unspecified atom stereocenters. The van der Waals surface area contributed by atoms with E-state index in [-0.39, 0.29) is 12.6 Å². The molecule has 5 N–H and O–H groups in total. The normalized spacial score (nSPS) is 24.5. The van der Waals surface area contributed by atoms with Gasteiger partial charge < -0.3 is 25.8 Å². The summed E-state index contributed by atoms with van der Waals surface area (Å²) >= 11 is 1.32. The van der Waals surface area contributed by atoms with Crippen LogP contribution in [0.5, 0.6) is 0 Å². The molecule has 2 atom stereocenters. The van der Waals surface area contributed by atoms with E-state index in [0.29, 0.717) is 10.8 Å². The van der Waals surface area contributed by atoms with E-state index in [0.717, 1.165) is 46.3 Å². The van der Waals surface area contributed by atoms with Gasteiger partial charge in [-0.25, -0.2) is 4.79 Å². The molecule has 9 nitrogen and oxygen atoms in total. The van der Waals surface area contributed by atoms with Gasteiger partial charge in [0.2, 0.25) is 5.60 Å². The number of piperidine rings is 3. The van der Waals surface area contributed by atoms with Crippen molar-refractivity contribution in [2.75, 3.05) is 26.2 Å². The fraction of sp³-hybridized carbons (Fsp3) is 0.611. The maximum atomic E-state index is 12.4. The Morgan fingerprint density at radius 2 is 1.79 bits per heavy atom. The van der Waals surface area contributed by atoms with E-state index in [9.17, 15) is 9.90 Å². The minimum Gasteiger partial charge on any atom is -0.481 e. The van der Waals surface area contributed by atoms with Crippen molar-refractivity contribution in [2.45, 2.75) is 38.4 Å². The van der Waals surface area contributed by atoms with Gasteiger partial charge >= 0.3 is 5.97 Å². The fourth-order valence-corrected chi connectivity index (χ4v) is 3.90. The lowest BCUT2D eigenvalue weighted by molar-refractivity contribution is -0.180. The molecule has 2 bridgehead atoms. The van der Waals surface area contributed by atoms with Gasteiger partial charge in [0.05, 0.1) is 0 Å². The second-order valence-corrected chi connectivity index (χ2v) is 7.61. The van der Waals surface area contributed by atoms with E-state index in [4.69, 9.17) is 30.3 Å². The zero-order valence-electron chi connectivity index (χ0n) is 16.0.